The Kier molecular flexibility index (Phi) is 3.80. The normalized spacial score (nSPS) is 24.0. The van der Waals surface area contributed by atoms with Gasteiger partial charge in [0.15, 0.2) is 0 Å². The third-order valence-corrected chi connectivity index (χ3v) is 2.20. The van der Waals surface area contributed by atoms with Crippen LogP contribution in [0.3, 0.4) is 0 Å². The van der Waals surface area contributed by atoms with Gasteiger partial charge in [0.25, 0.3) is 0 Å². The van der Waals surface area contributed by atoms with Crippen LogP contribution in [0.1, 0.15) is 34.1 Å². The zero-order valence-corrected chi connectivity index (χ0v) is 10.4. The van der Waals surface area contributed by atoms with Crippen LogP contribution < -0.4 is 16.2 Å². The Bertz CT molecular complexity index is 283. The number of carbonyl (C=O) groups excluding carboxylic acids is 1. The predicted molar refractivity (Wildman–Crippen MR) is 62.7 cm³/mol. The molecule has 0 saturated heterocycles. The van der Waals surface area contributed by atoms with Crippen LogP contribution in [0.5, 0.6) is 0 Å². The number of amides is 1. The highest BCUT2D eigenvalue weighted by atomic mass is 16.6. The molecule has 0 saturated carbocycles. The Balaban J connectivity index is 2.20. The molecule has 3 N–H and O–H groups in total. The van der Waals surface area contributed by atoms with E-state index < -0.39 is 5.60 Å². The van der Waals surface area contributed by atoms with Gasteiger partial charge in [0.05, 0.1) is 5.54 Å². The largest absolute Gasteiger partial charge is 0.444 e. The summed E-state index contributed by atoms with van der Waals surface area (Å²) >= 11 is 0. The fraction of sp³-hybridized carbons (Fsp3) is 0.727. The maximum absolute atomic E-state index is 11.3. The highest BCUT2D eigenvalue weighted by Gasteiger charge is 2.23. The standard InChI is InChI=1S/C11H21N3O2/c1-10(2,3)16-9(15)12-7-5-11(4)6-8-13-14-11/h6,8,13-14H,5,7H2,1-4H3,(H,12,15). The fourth-order valence-electron chi connectivity index (χ4n) is 1.36. The van der Waals surface area contributed by atoms with E-state index in [0.29, 0.717) is 6.54 Å². The van der Waals surface area contributed by atoms with Gasteiger partial charge in [-0.2, -0.15) is 0 Å². The molecule has 1 rings (SSSR count). The van der Waals surface area contributed by atoms with Crippen LogP contribution in [0.25, 0.3) is 0 Å². The third kappa shape index (κ3) is 4.53. The van der Waals surface area contributed by atoms with Crippen LogP contribution in [-0.2, 0) is 4.74 Å². The van der Waals surface area contributed by atoms with Crippen LogP contribution in [0, 0.1) is 0 Å². The van der Waals surface area contributed by atoms with E-state index in [9.17, 15) is 4.79 Å². The lowest BCUT2D eigenvalue weighted by Gasteiger charge is -2.23. The number of nitrogens with one attached hydrogen (secondary N) is 3. The summed E-state index contributed by atoms with van der Waals surface area (Å²) in [4.78, 5) is 11.3. The molecule has 16 heavy (non-hydrogen) atoms. The lowest BCUT2D eigenvalue weighted by molar-refractivity contribution is 0.0525. The third-order valence-electron chi connectivity index (χ3n) is 2.20. The number of hydrogen-bond donors (Lipinski definition) is 3. The van der Waals surface area contributed by atoms with Crippen molar-refractivity contribution in [3.8, 4) is 0 Å². The number of alkyl carbamates (subject to hydrolysis) is 1. The summed E-state index contributed by atoms with van der Waals surface area (Å²) in [6.45, 7) is 8.17. The minimum absolute atomic E-state index is 0.102. The molecule has 0 aromatic rings. The Hall–Kier alpha value is -1.23. The van der Waals surface area contributed by atoms with Gasteiger partial charge in [-0.15, -0.1) is 0 Å². The van der Waals surface area contributed by atoms with Crippen molar-refractivity contribution in [2.75, 3.05) is 6.54 Å². The topological polar surface area (TPSA) is 62.4 Å². The summed E-state index contributed by atoms with van der Waals surface area (Å²) in [6, 6.07) is 0. The van der Waals surface area contributed by atoms with Crippen molar-refractivity contribution in [2.24, 2.45) is 0 Å². The number of carbonyl (C=O) groups is 1. The van der Waals surface area contributed by atoms with Crippen molar-refractivity contribution in [2.45, 2.75) is 45.3 Å². The molecule has 1 amide bonds. The Morgan fingerprint density at radius 3 is 2.69 bits per heavy atom. The molecule has 1 heterocycles. The number of rotatable bonds is 3. The zero-order chi connectivity index (χ0) is 12.2. The van der Waals surface area contributed by atoms with Crippen LogP contribution in [0.2, 0.25) is 0 Å². The average molecular weight is 227 g/mol. The Morgan fingerprint density at radius 2 is 2.19 bits per heavy atom. The van der Waals surface area contributed by atoms with E-state index in [0.717, 1.165) is 6.42 Å². The number of hydrazine groups is 1. The van der Waals surface area contributed by atoms with Crippen molar-refractivity contribution < 1.29 is 9.53 Å². The molecule has 0 bridgehead atoms. The van der Waals surface area contributed by atoms with Gasteiger partial charge in [-0.3, -0.25) is 0 Å². The first-order valence-corrected chi connectivity index (χ1v) is 5.48. The van der Waals surface area contributed by atoms with Crippen LogP contribution in [0.4, 0.5) is 4.79 Å². The van der Waals surface area contributed by atoms with E-state index in [1.165, 1.54) is 0 Å². The lowest BCUT2D eigenvalue weighted by atomic mass is 10.00. The smallest absolute Gasteiger partial charge is 0.407 e. The monoisotopic (exact) mass is 227 g/mol. The molecule has 0 aromatic heterocycles. The van der Waals surface area contributed by atoms with Gasteiger partial charge in [-0.25, -0.2) is 10.2 Å². The Morgan fingerprint density at radius 1 is 1.50 bits per heavy atom. The molecule has 1 unspecified atom stereocenters. The summed E-state index contributed by atoms with van der Waals surface area (Å²) in [7, 11) is 0. The Labute approximate surface area is 96.6 Å². The van der Waals surface area contributed by atoms with Gasteiger partial charge >= 0.3 is 6.09 Å². The summed E-state index contributed by atoms with van der Waals surface area (Å²) in [5.74, 6) is 0. The van der Waals surface area contributed by atoms with E-state index in [1.807, 2.05) is 33.0 Å². The summed E-state index contributed by atoms with van der Waals surface area (Å²) < 4.78 is 5.13. The molecule has 0 radical (unpaired) electrons. The molecular weight excluding hydrogens is 206 g/mol. The van der Waals surface area contributed by atoms with Gasteiger partial charge in [-0.05, 0) is 40.2 Å². The van der Waals surface area contributed by atoms with Crippen LogP contribution in [0.15, 0.2) is 12.3 Å². The fourth-order valence-corrected chi connectivity index (χ4v) is 1.36. The molecule has 0 aromatic carbocycles. The van der Waals surface area contributed by atoms with Gasteiger partial charge in [0, 0.05) is 12.7 Å². The van der Waals surface area contributed by atoms with E-state index in [2.05, 4.69) is 23.1 Å². The minimum Gasteiger partial charge on any atom is -0.444 e. The van der Waals surface area contributed by atoms with E-state index in [1.54, 1.807) is 0 Å². The van der Waals surface area contributed by atoms with Crippen molar-refractivity contribution in [1.29, 1.82) is 0 Å². The summed E-state index contributed by atoms with van der Waals surface area (Å²) in [5.41, 5.74) is 5.47. The van der Waals surface area contributed by atoms with Crippen molar-refractivity contribution in [3.63, 3.8) is 0 Å². The van der Waals surface area contributed by atoms with E-state index in [-0.39, 0.29) is 11.6 Å². The lowest BCUT2D eigenvalue weighted by Crippen LogP contribution is -2.44. The zero-order valence-electron chi connectivity index (χ0n) is 10.4. The molecule has 0 spiro atoms. The maximum atomic E-state index is 11.3. The molecule has 1 aliphatic heterocycles. The first-order chi connectivity index (χ1) is 7.31. The second-order valence-electron chi connectivity index (χ2n) is 5.20. The van der Waals surface area contributed by atoms with Crippen molar-refractivity contribution >= 4 is 6.09 Å². The molecule has 0 aliphatic carbocycles. The maximum Gasteiger partial charge on any atom is 0.407 e. The van der Waals surface area contributed by atoms with Crippen LogP contribution in [-0.4, -0.2) is 23.8 Å². The first-order valence-electron chi connectivity index (χ1n) is 5.48. The minimum atomic E-state index is -0.443. The van der Waals surface area contributed by atoms with E-state index in [4.69, 9.17) is 4.74 Å². The molecule has 5 heteroatoms. The molecule has 92 valence electrons. The molecule has 1 atom stereocenters. The number of hydrogen-bond acceptors (Lipinski definition) is 4. The molecule has 1 aliphatic rings. The SMILES string of the molecule is CC1(CCNC(=O)OC(C)(C)C)C=CNN1. The summed E-state index contributed by atoms with van der Waals surface area (Å²) in [6.07, 6.45) is 4.32. The van der Waals surface area contributed by atoms with Gasteiger partial charge < -0.3 is 15.5 Å². The quantitative estimate of drug-likeness (QED) is 0.679. The van der Waals surface area contributed by atoms with Crippen LogP contribution >= 0.6 is 0 Å². The number of ether oxygens (including phenoxy) is 1. The predicted octanol–water partition coefficient (Wildman–Crippen LogP) is 1.28. The molecular formula is C11H21N3O2. The summed E-state index contributed by atoms with van der Waals surface area (Å²) in [5, 5.41) is 2.73. The van der Waals surface area contributed by atoms with E-state index >= 15 is 0 Å². The molecule has 0 fully saturated rings. The second-order valence-corrected chi connectivity index (χ2v) is 5.20. The van der Waals surface area contributed by atoms with Gasteiger partial charge in [-0.1, -0.05) is 0 Å². The highest BCUT2D eigenvalue weighted by molar-refractivity contribution is 5.67. The first kappa shape index (κ1) is 12.8. The van der Waals surface area contributed by atoms with Gasteiger partial charge in [0.1, 0.15) is 5.60 Å². The average Bonchev–Trinajstić information content (AvgIpc) is 2.49. The van der Waals surface area contributed by atoms with Crippen molar-refractivity contribution in [3.05, 3.63) is 12.3 Å². The van der Waals surface area contributed by atoms with Gasteiger partial charge in [0.2, 0.25) is 0 Å². The molecule has 5 nitrogen and oxygen atoms in total. The highest BCUT2D eigenvalue weighted by Crippen LogP contribution is 2.13. The van der Waals surface area contributed by atoms with Crippen molar-refractivity contribution in [1.82, 2.24) is 16.2 Å². The second kappa shape index (κ2) is 4.74.